The molecule has 1 nitrogen and oxygen atoms in total. The van der Waals surface area contributed by atoms with E-state index in [9.17, 15) is 0 Å². The maximum atomic E-state index is 5.75. The Morgan fingerprint density at radius 2 is 2.00 bits per heavy atom. The van der Waals surface area contributed by atoms with E-state index in [-0.39, 0.29) is 0 Å². The lowest BCUT2D eigenvalue weighted by molar-refractivity contribution is 0.291. The summed E-state index contributed by atoms with van der Waals surface area (Å²) in [6.07, 6.45) is 3.23. The third-order valence-electron chi connectivity index (χ3n) is 1.98. The summed E-state index contributed by atoms with van der Waals surface area (Å²) < 4.78 is 0. The van der Waals surface area contributed by atoms with Gasteiger partial charge in [0.1, 0.15) is 0 Å². The molecule has 0 saturated carbocycles. The highest BCUT2D eigenvalue weighted by Gasteiger charge is 2.18. The van der Waals surface area contributed by atoms with E-state index in [1.807, 2.05) is 6.92 Å². The third kappa shape index (κ3) is 6.24. The highest BCUT2D eigenvalue weighted by atomic mass is 14.6. The van der Waals surface area contributed by atoms with Crippen LogP contribution in [0.5, 0.6) is 0 Å². The van der Waals surface area contributed by atoms with E-state index in [4.69, 9.17) is 5.73 Å². The molecule has 0 aromatic rings. The van der Waals surface area contributed by atoms with Gasteiger partial charge in [-0.15, -0.1) is 11.8 Å². The van der Waals surface area contributed by atoms with Crippen LogP contribution in [0.25, 0.3) is 0 Å². The highest BCUT2D eigenvalue weighted by Crippen LogP contribution is 2.27. The van der Waals surface area contributed by atoms with Crippen molar-refractivity contribution in [2.24, 2.45) is 11.1 Å². The smallest absolute Gasteiger partial charge is 0.00936 e. The molecule has 0 spiro atoms. The molecule has 1 atom stereocenters. The van der Waals surface area contributed by atoms with Crippen LogP contribution in [0.1, 0.15) is 47.0 Å². The van der Waals surface area contributed by atoms with E-state index >= 15 is 0 Å². The van der Waals surface area contributed by atoms with Gasteiger partial charge >= 0.3 is 0 Å². The van der Waals surface area contributed by atoms with E-state index in [1.165, 1.54) is 0 Å². The van der Waals surface area contributed by atoms with E-state index in [0.717, 1.165) is 19.3 Å². The summed E-state index contributed by atoms with van der Waals surface area (Å²) in [7, 11) is 0. The fraction of sp³-hybridized carbons (Fsp3) is 0.818. The predicted octanol–water partition coefficient (Wildman–Crippen LogP) is 2.55. The van der Waals surface area contributed by atoms with E-state index in [1.54, 1.807) is 0 Å². The van der Waals surface area contributed by atoms with Gasteiger partial charge in [-0.3, -0.25) is 0 Å². The molecule has 0 rings (SSSR count). The van der Waals surface area contributed by atoms with Gasteiger partial charge in [-0.1, -0.05) is 13.8 Å². The zero-order chi connectivity index (χ0) is 9.61. The molecule has 0 fully saturated rings. The minimum atomic E-state index is 0.301. The molecule has 0 bridgehead atoms. The van der Waals surface area contributed by atoms with Crippen LogP contribution in [-0.4, -0.2) is 6.04 Å². The molecule has 0 saturated heterocycles. The minimum Gasteiger partial charge on any atom is -0.328 e. The second-order valence-electron chi connectivity index (χ2n) is 4.27. The fourth-order valence-electron chi connectivity index (χ4n) is 1.50. The molecule has 0 aromatic heterocycles. The Morgan fingerprint density at radius 3 is 2.42 bits per heavy atom. The minimum absolute atomic E-state index is 0.301. The molecular formula is C11H21N. The Kier molecular flexibility index (Phi) is 5.01. The number of nitrogens with two attached hydrogens (primary N) is 1. The monoisotopic (exact) mass is 167 g/mol. The molecule has 1 unspecified atom stereocenters. The average Bonchev–Trinajstić information content (AvgIpc) is 1.84. The molecule has 0 aromatic carbocycles. The maximum absolute atomic E-state index is 5.75. The van der Waals surface area contributed by atoms with Crippen molar-refractivity contribution in [3.8, 4) is 11.8 Å². The zero-order valence-electron chi connectivity index (χ0n) is 8.78. The molecule has 1 heteroatoms. The summed E-state index contributed by atoms with van der Waals surface area (Å²) >= 11 is 0. The molecule has 70 valence electrons. The first-order valence-corrected chi connectivity index (χ1v) is 4.63. The topological polar surface area (TPSA) is 26.0 Å². The summed E-state index contributed by atoms with van der Waals surface area (Å²) in [5, 5.41) is 0. The first-order valence-electron chi connectivity index (χ1n) is 4.63. The lowest BCUT2D eigenvalue weighted by atomic mass is 9.82. The standard InChI is InChI=1S/C11H21N/c1-5-6-7-8-11(3,4)9-10(2)12/h10H,7-9,12H2,1-4H3. The summed E-state index contributed by atoms with van der Waals surface area (Å²) in [6.45, 7) is 8.47. The van der Waals surface area contributed by atoms with Crippen molar-refractivity contribution in [3.05, 3.63) is 0 Å². The van der Waals surface area contributed by atoms with Crippen LogP contribution in [0.2, 0.25) is 0 Å². The van der Waals surface area contributed by atoms with Crippen LogP contribution < -0.4 is 5.73 Å². The first-order chi connectivity index (χ1) is 5.48. The van der Waals surface area contributed by atoms with Gasteiger partial charge < -0.3 is 5.73 Å². The fourth-order valence-corrected chi connectivity index (χ4v) is 1.50. The van der Waals surface area contributed by atoms with E-state index in [2.05, 4.69) is 32.6 Å². The summed E-state index contributed by atoms with van der Waals surface area (Å²) in [5.41, 5.74) is 6.09. The lowest BCUT2D eigenvalue weighted by Gasteiger charge is -2.25. The summed E-state index contributed by atoms with van der Waals surface area (Å²) in [6, 6.07) is 0.301. The summed E-state index contributed by atoms with van der Waals surface area (Å²) in [5.74, 6) is 6.00. The first kappa shape index (κ1) is 11.5. The van der Waals surface area contributed by atoms with Crippen molar-refractivity contribution >= 4 is 0 Å². The molecule has 0 amide bonds. The maximum Gasteiger partial charge on any atom is 0.00936 e. The average molecular weight is 167 g/mol. The predicted molar refractivity (Wildman–Crippen MR) is 54.7 cm³/mol. The lowest BCUT2D eigenvalue weighted by Crippen LogP contribution is -2.24. The van der Waals surface area contributed by atoms with Crippen molar-refractivity contribution in [1.82, 2.24) is 0 Å². The van der Waals surface area contributed by atoms with Gasteiger partial charge in [0.2, 0.25) is 0 Å². The van der Waals surface area contributed by atoms with Crippen LogP contribution in [0.3, 0.4) is 0 Å². The third-order valence-corrected chi connectivity index (χ3v) is 1.98. The van der Waals surface area contributed by atoms with Gasteiger partial charge in [-0.2, -0.15) is 0 Å². The molecule has 2 N–H and O–H groups in total. The van der Waals surface area contributed by atoms with Crippen molar-refractivity contribution in [3.63, 3.8) is 0 Å². The van der Waals surface area contributed by atoms with E-state index in [0.29, 0.717) is 11.5 Å². The second kappa shape index (κ2) is 5.22. The normalized spacial score (nSPS) is 13.4. The van der Waals surface area contributed by atoms with Crippen molar-refractivity contribution < 1.29 is 0 Å². The summed E-state index contributed by atoms with van der Waals surface area (Å²) in [4.78, 5) is 0. The molecule has 0 aliphatic heterocycles. The number of hydrogen-bond donors (Lipinski definition) is 1. The number of rotatable bonds is 4. The van der Waals surface area contributed by atoms with Crippen molar-refractivity contribution in [2.45, 2.75) is 53.0 Å². The van der Waals surface area contributed by atoms with Gasteiger partial charge in [0, 0.05) is 12.5 Å². The van der Waals surface area contributed by atoms with Gasteiger partial charge in [0.15, 0.2) is 0 Å². The SMILES string of the molecule is CC#CCCC(C)(C)CC(C)N. The van der Waals surface area contributed by atoms with Gasteiger partial charge in [0.25, 0.3) is 0 Å². The Labute approximate surface area is 76.7 Å². The quantitative estimate of drug-likeness (QED) is 0.640. The van der Waals surface area contributed by atoms with Gasteiger partial charge in [-0.25, -0.2) is 0 Å². The Hall–Kier alpha value is -0.480. The van der Waals surface area contributed by atoms with Crippen molar-refractivity contribution in [1.29, 1.82) is 0 Å². The zero-order valence-corrected chi connectivity index (χ0v) is 8.78. The molecule has 0 aliphatic rings. The Morgan fingerprint density at radius 1 is 1.42 bits per heavy atom. The molecule has 0 radical (unpaired) electrons. The van der Waals surface area contributed by atoms with Gasteiger partial charge in [0.05, 0.1) is 0 Å². The molecule has 0 heterocycles. The van der Waals surface area contributed by atoms with Crippen LogP contribution in [-0.2, 0) is 0 Å². The molecule has 12 heavy (non-hydrogen) atoms. The Balaban J connectivity index is 3.75. The van der Waals surface area contributed by atoms with Gasteiger partial charge in [-0.05, 0) is 32.1 Å². The molecular weight excluding hydrogens is 146 g/mol. The van der Waals surface area contributed by atoms with Crippen molar-refractivity contribution in [2.75, 3.05) is 0 Å². The second-order valence-corrected chi connectivity index (χ2v) is 4.27. The van der Waals surface area contributed by atoms with Crippen LogP contribution in [0.15, 0.2) is 0 Å². The van der Waals surface area contributed by atoms with E-state index < -0.39 is 0 Å². The van der Waals surface area contributed by atoms with Crippen LogP contribution >= 0.6 is 0 Å². The highest BCUT2D eigenvalue weighted by molar-refractivity contribution is 4.95. The van der Waals surface area contributed by atoms with Crippen LogP contribution in [0, 0.1) is 17.3 Å². The Bertz CT molecular complexity index is 169. The molecule has 0 aliphatic carbocycles. The number of hydrogen-bond acceptors (Lipinski definition) is 1. The van der Waals surface area contributed by atoms with Crippen LogP contribution in [0.4, 0.5) is 0 Å². The largest absolute Gasteiger partial charge is 0.328 e.